The van der Waals surface area contributed by atoms with Crippen LogP contribution in [0.1, 0.15) is 25.8 Å². The minimum Gasteiger partial charge on any atom is -0.486 e. The Labute approximate surface area is 170 Å². The summed E-state index contributed by atoms with van der Waals surface area (Å²) >= 11 is 0. The maximum atomic E-state index is 13.0. The van der Waals surface area contributed by atoms with Crippen molar-refractivity contribution in [2.24, 2.45) is 11.8 Å². The van der Waals surface area contributed by atoms with E-state index in [2.05, 4.69) is 5.32 Å². The van der Waals surface area contributed by atoms with E-state index in [0.29, 0.717) is 43.4 Å². The molecule has 1 N–H and O–H groups in total. The summed E-state index contributed by atoms with van der Waals surface area (Å²) < 4.78 is 11.1. The van der Waals surface area contributed by atoms with Crippen molar-refractivity contribution in [2.45, 2.75) is 32.9 Å². The molecule has 6 heteroatoms. The summed E-state index contributed by atoms with van der Waals surface area (Å²) in [6.07, 6.45) is 0.591. The Morgan fingerprint density at radius 3 is 2.48 bits per heavy atom. The number of hydrogen-bond acceptors (Lipinski definition) is 4. The van der Waals surface area contributed by atoms with E-state index < -0.39 is 0 Å². The molecule has 2 atom stereocenters. The summed E-state index contributed by atoms with van der Waals surface area (Å²) in [7, 11) is 0. The topological polar surface area (TPSA) is 67.9 Å². The first-order valence-electron chi connectivity index (χ1n) is 10.1. The van der Waals surface area contributed by atoms with E-state index in [1.165, 1.54) is 0 Å². The molecule has 1 aliphatic heterocycles. The van der Waals surface area contributed by atoms with E-state index in [-0.39, 0.29) is 29.7 Å². The molecule has 1 heterocycles. The molecular formula is C23H26N2O4. The number of carbonyl (C=O) groups is 2. The van der Waals surface area contributed by atoms with Gasteiger partial charge in [0.1, 0.15) is 13.2 Å². The van der Waals surface area contributed by atoms with Crippen LogP contribution < -0.4 is 14.8 Å². The molecule has 2 aliphatic rings. The minimum atomic E-state index is -0.285. The van der Waals surface area contributed by atoms with E-state index >= 15 is 0 Å². The molecule has 6 nitrogen and oxygen atoms in total. The van der Waals surface area contributed by atoms with Crippen molar-refractivity contribution in [3.63, 3.8) is 0 Å². The Kier molecular flexibility index (Phi) is 5.43. The molecule has 2 aromatic carbocycles. The van der Waals surface area contributed by atoms with Crippen LogP contribution in [0.15, 0.2) is 48.5 Å². The number of nitrogens with one attached hydrogen (secondary N) is 1. The smallest absolute Gasteiger partial charge is 0.228 e. The van der Waals surface area contributed by atoms with Gasteiger partial charge in [-0.3, -0.25) is 9.59 Å². The van der Waals surface area contributed by atoms with Gasteiger partial charge in [-0.1, -0.05) is 30.3 Å². The lowest BCUT2D eigenvalue weighted by Crippen LogP contribution is -2.38. The normalized spacial score (nSPS) is 19.6. The van der Waals surface area contributed by atoms with Crippen molar-refractivity contribution >= 4 is 17.5 Å². The van der Waals surface area contributed by atoms with Gasteiger partial charge < -0.3 is 19.7 Å². The largest absolute Gasteiger partial charge is 0.486 e. The molecule has 0 saturated heterocycles. The number of nitrogens with zero attached hydrogens (tertiary/aromatic N) is 1. The maximum Gasteiger partial charge on any atom is 0.228 e. The van der Waals surface area contributed by atoms with Crippen LogP contribution in [0.25, 0.3) is 0 Å². The van der Waals surface area contributed by atoms with Crippen LogP contribution in [0.2, 0.25) is 0 Å². The zero-order valence-electron chi connectivity index (χ0n) is 16.8. The Morgan fingerprint density at radius 2 is 1.76 bits per heavy atom. The van der Waals surface area contributed by atoms with E-state index in [1.807, 2.05) is 49.1 Å². The van der Waals surface area contributed by atoms with Gasteiger partial charge in [-0.25, -0.2) is 0 Å². The van der Waals surface area contributed by atoms with Gasteiger partial charge in [0.25, 0.3) is 0 Å². The molecule has 2 amide bonds. The average Bonchev–Trinajstić information content (AvgIpc) is 3.53. The molecule has 0 bridgehead atoms. The lowest BCUT2D eigenvalue weighted by molar-refractivity contribution is -0.136. The van der Waals surface area contributed by atoms with Crippen molar-refractivity contribution < 1.29 is 19.1 Å². The van der Waals surface area contributed by atoms with Crippen molar-refractivity contribution in [1.82, 2.24) is 4.90 Å². The first-order valence-corrected chi connectivity index (χ1v) is 10.1. The van der Waals surface area contributed by atoms with E-state index in [4.69, 9.17) is 9.47 Å². The van der Waals surface area contributed by atoms with Gasteiger partial charge in [0.05, 0.1) is 11.8 Å². The highest BCUT2D eigenvalue weighted by Crippen LogP contribution is 2.42. The average molecular weight is 394 g/mol. The molecular weight excluding hydrogens is 368 g/mol. The molecule has 4 rings (SSSR count). The number of rotatable bonds is 6. The van der Waals surface area contributed by atoms with Crippen molar-refractivity contribution in [1.29, 1.82) is 0 Å². The van der Waals surface area contributed by atoms with Crippen LogP contribution in [0.4, 0.5) is 5.69 Å². The molecule has 1 fully saturated rings. The summed E-state index contributed by atoms with van der Waals surface area (Å²) in [5.41, 5.74) is 1.75. The SMILES string of the molecule is CC(C)N(Cc1ccccc1)C(=O)C1CC1C(=O)Nc1ccc2c(c1)OCCO2. The minimum absolute atomic E-state index is 0.0474. The quantitative estimate of drug-likeness (QED) is 0.815. The zero-order chi connectivity index (χ0) is 20.4. The Morgan fingerprint density at radius 1 is 1.03 bits per heavy atom. The van der Waals surface area contributed by atoms with Crippen molar-refractivity contribution in [3.8, 4) is 11.5 Å². The van der Waals surface area contributed by atoms with E-state index in [1.54, 1.807) is 18.2 Å². The van der Waals surface area contributed by atoms with Gasteiger partial charge >= 0.3 is 0 Å². The molecule has 0 spiro atoms. The Balaban J connectivity index is 1.37. The van der Waals surface area contributed by atoms with Crippen LogP contribution in [-0.4, -0.2) is 36.0 Å². The van der Waals surface area contributed by atoms with E-state index in [9.17, 15) is 9.59 Å². The molecule has 0 aromatic heterocycles. The van der Waals surface area contributed by atoms with Gasteiger partial charge in [-0.05, 0) is 38.0 Å². The lowest BCUT2D eigenvalue weighted by atomic mass is 10.1. The fourth-order valence-electron chi connectivity index (χ4n) is 3.62. The second kappa shape index (κ2) is 8.15. The summed E-state index contributed by atoms with van der Waals surface area (Å²) in [5.74, 6) is 0.703. The zero-order valence-corrected chi connectivity index (χ0v) is 16.8. The Bertz CT molecular complexity index is 897. The fraction of sp³-hybridized carbons (Fsp3) is 0.391. The number of amides is 2. The van der Waals surface area contributed by atoms with Crippen LogP contribution in [0.5, 0.6) is 11.5 Å². The maximum absolute atomic E-state index is 13.0. The van der Waals surface area contributed by atoms with Crippen LogP contribution >= 0.6 is 0 Å². The van der Waals surface area contributed by atoms with Crippen LogP contribution in [-0.2, 0) is 16.1 Å². The third-order valence-corrected chi connectivity index (χ3v) is 5.36. The van der Waals surface area contributed by atoms with E-state index in [0.717, 1.165) is 5.56 Å². The summed E-state index contributed by atoms with van der Waals surface area (Å²) in [6.45, 7) is 5.60. The third-order valence-electron chi connectivity index (χ3n) is 5.36. The number of hydrogen-bond donors (Lipinski definition) is 1. The summed E-state index contributed by atoms with van der Waals surface area (Å²) in [5, 5.41) is 2.91. The second-order valence-corrected chi connectivity index (χ2v) is 7.84. The van der Waals surface area contributed by atoms with Gasteiger partial charge in [0.15, 0.2) is 11.5 Å². The fourth-order valence-corrected chi connectivity index (χ4v) is 3.62. The van der Waals surface area contributed by atoms with Crippen molar-refractivity contribution in [2.75, 3.05) is 18.5 Å². The van der Waals surface area contributed by atoms with Gasteiger partial charge in [0.2, 0.25) is 11.8 Å². The Hall–Kier alpha value is -3.02. The number of carbonyl (C=O) groups excluding carboxylic acids is 2. The molecule has 0 radical (unpaired) electrons. The summed E-state index contributed by atoms with van der Waals surface area (Å²) in [4.78, 5) is 27.5. The van der Waals surface area contributed by atoms with Crippen molar-refractivity contribution in [3.05, 3.63) is 54.1 Å². The second-order valence-electron chi connectivity index (χ2n) is 7.84. The molecule has 152 valence electrons. The number of benzene rings is 2. The van der Waals surface area contributed by atoms with Crippen LogP contribution in [0.3, 0.4) is 0 Å². The van der Waals surface area contributed by atoms with Gasteiger partial charge in [-0.2, -0.15) is 0 Å². The monoisotopic (exact) mass is 394 g/mol. The van der Waals surface area contributed by atoms with Crippen LogP contribution in [0, 0.1) is 11.8 Å². The molecule has 2 unspecified atom stereocenters. The highest BCUT2D eigenvalue weighted by Gasteiger charge is 2.49. The van der Waals surface area contributed by atoms with Gasteiger partial charge in [-0.15, -0.1) is 0 Å². The predicted octanol–water partition coefficient (Wildman–Crippen LogP) is 3.47. The summed E-state index contributed by atoms with van der Waals surface area (Å²) in [6, 6.07) is 15.4. The predicted molar refractivity (Wildman–Crippen MR) is 110 cm³/mol. The molecule has 1 saturated carbocycles. The molecule has 1 aliphatic carbocycles. The number of anilines is 1. The highest BCUT2D eigenvalue weighted by molar-refractivity contribution is 5.99. The lowest BCUT2D eigenvalue weighted by Gasteiger charge is -2.27. The molecule has 29 heavy (non-hydrogen) atoms. The number of ether oxygens (including phenoxy) is 2. The standard InChI is InChI=1S/C23H26N2O4/c1-15(2)25(14-16-6-4-3-5-7-16)23(27)19-13-18(19)22(26)24-17-8-9-20-21(12-17)29-11-10-28-20/h3-9,12,15,18-19H,10-11,13-14H2,1-2H3,(H,24,26). The molecule has 2 aromatic rings. The number of fused-ring (bicyclic) bond motifs is 1. The highest BCUT2D eigenvalue weighted by atomic mass is 16.6. The first kappa shape index (κ1) is 19.3. The first-order chi connectivity index (χ1) is 14.0. The third kappa shape index (κ3) is 4.36. The van der Waals surface area contributed by atoms with Gasteiger partial charge in [0, 0.05) is 24.3 Å².